The Kier molecular flexibility index (Phi) is 4.19. The molecule has 1 aliphatic carbocycles. The molecule has 6 heteroatoms. The van der Waals surface area contributed by atoms with E-state index in [9.17, 15) is 14.7 Å². The third kappa shape index (κ3) is 3.15. The fourth-order valence-electron chi connectivity index (χ4n) is 3.18. The summed E-state index contributed by atoms with van der Waals surface area (Å²) in [7, 11) is 1.27. The molecule has 0 aromatic rings. The zero-order valence-electron chi connectivity index (χ0n) is 13.2. The van der Waals surface area contributed by atoms with E-state index < -0.39 is 23.1 Å². The first kappa shape index (κ1) is 16.1. The lowest BCUT2D eigenvalue weighted by Crippen LogP contribution is -2.49. The van der Waals surface area contributed by atoms with Gasteiger partial charge in [0.1, 0.15) is 5.60 Å². The number of hydrogen-bond donors (Lipinski definition) is 1. The van der Waals surface area contributed by atoms with Crippen LogP contribution >= 0.6 is 0 Å². The molecular formula is C15H25NO5. The molecule has 2 atom stereocenters. The first-order valence-corrected chi connectivity index (χ1v) is 7.47. The lowest BCUT2D eigenvalue weighted by atomic mass is 9.88. The first-order valence-electron chi connectivity index (χ1n) is 7.47. The number of aliphatic hydroxyl groups is 1. The number of ether oxygens (including phenoxy) is 2. The molecule has 0 bridgehead atoms. The first-order chi connectivity index (χ1) is 9.71. The van der Waals surface area contributed by atoms with Crippen LogP contribution in [0, 0.1) is 5.41 Å². The third-order valence-electron chi connectivity index (χ3n) is 4.34. The van der Waals surface area contributed by atoms with Crippen molar-refractivity contribution >= 4 is 12.1 Å². The Morgan fingerprint density at radius 1 is 1.33 bits per heavy atom. The van der Waals surface area contributed by atoms with Crippen LogP contribution in [-0.4, -0.2) is 53.5 Å². The van der Waals surface area contributed by atoms with Crippen molar-refractivity contribution in [2.45, 2.75) is 64.2 Å². The van der Waals surface area contributed by atoms with Crippen molar-refractivity contribution in [3.63, 3.8) is 0 Å². The number of esters is 1. The van der Waals surface area contributed by atoms with Crippen LogP contribution in [0.4, 0.5) is 4.79 Å². The molecule has 1 saturated carbocycles. The Morgan fingerprint density at radius 2 is 1.95 bits per heavy atom. The van der Waals surface area contributed by atoms with Crippen molar-refractivity contribution in [2.75, 3.05) is 13.7 Å². The van der Waals surface area contributed by atoms with E-state index in [1.54, 1.807) is 4.90 Å². The summed E-state index contributed by atoms with van der Waals surface area (Å²) < 4.78 is 10.1. The summed E-state index contributed by atoms with van der Waals surface area (Å²) in [5.41, 5.74) is -1.11. The third-order valence-corrected chi connectivity index (χ3v) is 4.34. The molecule has 120 valence electrons. The summed E-state index contributed by atoms with van der Waals surface area (Å²) in [5, 5.41) is 10.2. The molecule has 2 unspecified atom stereocenters. The number of hydrogen-bond acceptors (Lipinski definition) is 5. The molecule has 0 aromatic carbocycles. The van der Waals surface area contributed by atoms with E-state index in [1.807, 2.05) is 20.8 Å². The average Bonchev–Trinajstić information content (AvgIpc) is 3.04. The number of aliphatic hydroxyl groups excluding tert-OH is 1. The zero-order chi connectivity index (χ0) is 15.8. The minimum Gasteiger partial charge on any atom is -0.467 e. The van der Waals surface area contributed by atoms with Crippen molar-refractivity contribution in [1.82, 2.24) is 4.90 Å². The van der Waals surface area contributed by atoms with E-state index in [0.29, 0.717) is 6.54 Å². The lowest BCUT2D eigenvalue weighted by Gasteiger charge is -2.34. The quantitative estimate of drug-likeness (QED) is 0.803. The normalized spacial score (nSPS) is 25.4. The summed E-state index contributed by atoms with van der Waals surface area (Å²) >= 11 is 0. The summed E-state index contributed by atoms with van der Waals surface area (Å²) in [6.07, 6.45) is 1.57. The van der Waals surface area contributed by atoms with Gasteiger partial charge in [-0.05, 0) is 46.5 Å². The van der Waals surface area contributed by atoms with Gasteiger partial charge in [0.2, 0.25) is 0 Å². The maximum atomic E-state index is 12.3. The Morgan fingerprint density at radius 3 is 2.43 bits per heavy atom. The number of nitrogens with zero attached hydrogens (tertiary/aromatic N) is 1. The van der Waals surface area contributed by atoms with Crippen LogP contribution in [0.3, 0.4) is 0 Å². The maximum absolute atomic E-state index is 12.3. The van der Waals surface area contributed by atoms with Gasteiger partial charge in [-0.15, -0.1) is 0 Å². The van der Waals surface area contributed by atoms with Gasteiger partial charge in [0.05, 0.1) is 7.11 Å². The lowest BCUT2D eigenvalue weighted by molar-refractivity contribution is -0.156. The highest BCUT2D eigenvalue weighted by Crippen LogP contribution is 2.56. The molecule has 21 heavy (non-hydrogen) atoms. The van der Waals surface area contributed by atoms with E-state index in [-0.39, 0.29) is 12.1 Å². The van der Waals surface area contributed by atoms with Crippen LogP contribution in [-0.2, 0) is 14.3 Å². The predicted octanol–water partition coefficient (Wildman–Crippen LogP) is 1.70. The second-order valence-corrected chi connectivity index (χ2v) is 6.99. The van der Waals surface area contributed by atoms with Gasteiger partial charge in [0, 0.05) is 18.0 Å². The number of rotatable bonds is 3. The van der Waals surface area contributed by atoms with Gasteiger partial charge < -0.3 is 19.5 Å². The molecule has 6 nitrogen and oxygen atoms in total. The molecule has 1 N–H and O–H groups in total. The molecule has 1 saturated heterocycles. The van der Waals surface area contributed by atoms with Gasteiger partial charge in [-0.1, -0.05) is 0 Å². The minimum absolute atomic E-state index is 0.151. The fourth-order valence-corrected chi connectivity index (χ4v) is 3.18. The van der Waals surface area contributed by atoms with Crippen LogP contribution < -0.4 is 0 Å². The van der Waals surface area contributed by atoms with Crippen molar-refractivity contribution < 1.29 is 24.2 Å². The molecule has 2 fully saturated rings. The number of carbonyl (C=O) groups is 2. The van der Waals surface area contributed by atoms with E-state index in [1.165, 1.54) is 7.11 Å². The molecule has 1 heterocycles. The summed E-state index contributed by atoms with van der Waals surface area (Å²) in [6.45, 7) is 6.08. The Bertz CT molecular complexity index is 424. The molecule has 2 aliphatic rings. The zero-order valence-corrected chi connectivity index (χ0v) is 13.2. The highest BCUT2D eigenvalue weighted by atomic mass is 16.6. The van der Waals surface area contributed by atoms with E-state index >= 15 is 0 Å². The van der Waals surface area contributed by atoms with Gasteiger partial charge in [-0.2, -0.15) is 0 Å². The molecule has 1 aliphatic heterocycles. The number of likely N-dealkylation sites (tertiary alicyclic amines) is 1. The molecular weight excluding hydrogens is 274 g/mol. The Hall–Kier alpha value is -1.30. The molecule has 0 aromatic heterocycles. The monoisotopic (exact) mass is 299 g/mol. The molecule has 1 amide bonds. The van der Waals surface area contributed by atoms with Crippen LogP contribution in [0.5, 0.6) is 0 Å². The Labute approximate surface area is 125 Å². The summed E-state index contributed by atoms with van der Waals surface area (Å²) in [6, 6.07) is -0.151. The van der Waals surface area contributed by atoms with E-state index in [4.69, 9.17) is 4.74 Å². The second-order valence-electron chi connectivity index (χ2n) is 6.99. The summed E-state index contributed by atoms with van der Waals surface area (Å²) in [5.74, 6) is -0.622. The van der Waals surface area contributed by atoms with Crippen molar-refractivity contribution in [2.24, 2.45) is 5.41 Å². The van der Waals surface area contributed by atoms with Gasteiger partial charge >= 0.3 is 12.1 Å². The van der Waals surface area contributed by atoms with Gasteiger partial charge in [-0.25, -0.2) is 9.59 Å². The van der Waals surface area contributed by atoms with Gasteiger partial charge in [0.15, 0.2) is 6.10 Å². The molecule has 0 spiro atoms. The summed E-state index contributed by atoms with van der Waals surface area (Å²) in [4.78, 5) is 25.6. The van der Waals surface area contributed by atoms with Crippen molar-refractivity contribution in [3.05, 3.63) is 0 Å². The highest BCUT2D eigenvalue weighted by Gasteiger charge is 2.61. The smallest absolute Gasteiger partial charge is 0.410 e. The van der Waals surface area contributed by atoms with Crippen LogP contribution in [0.1, 0.15) is 46.5 Å². The van der Waals surface area contributed by atoms with Crippen LogP contribution in [0.25, 0.3) is 0 Å². The highest BCUT2D eigenvalue weighted by molar-refractivity contribution is 5.76. The maximum Gasteiger partial charge on any atom is 0.410 e. The van der Waals surface area contributed by atoms with Crippen LogP contribution in [0.15, 0.2) is 0 Å². The standard InChI is InChI=1S/C15H25NO5/c1-14(2,3)21-13(19)16-9-5-6-10(16)15(7-8-15)11(17)12(18)20-4/h10-11,17H,5-9H2,1-4H3. The minimum atomic E-state index is -1.17. The average molecular weight is 299 g/mol. The predicted molar refractivity (Wildman–Crippen MR) is 75.7 cm³/mol. The molecule has 2 rings (SSSR count). The van der Waals surface area contributed by atoms with Gasteiger partial charge in [-0.3, -0.25) is 0 Å². The number of methoxy groups -OCH3 is 1. The van der Waals surface area contributed by atoms with Crippen LogP contribution in [0.2, 0.25) is 0 Å². The van der Waals surface area contributed by atoms with Crippen molar-refractivity contribution in [1.29, 1.82) is 0 Å². The second kappa shape index (κ2) is 5.48. The number of amides is 1. The van der Waals surface area contributed by atoms with Crippen molar-refractivity contribution in [3.8, 4) is 0 Å². The SMILES string of the molecule is COC(=O)C(O)C1(C2CCCN2C(=O)OC(C)(C)C)CC1. The number of carbonyl (C=O) groups excluding carboxylic acids is 2. The largest absolute Gasteiger partial charge is 0.467 e. The van der Waals surface area contributed by atoms with E-state index in [0.717, 1.165) is 25.7 Å². The van der Waals surface area contributed by atoms with E-state index in [2.05, 4.69) is 4.74 Å². The topological polar surface area (TPSA) is 76.1 Å². The molecule has 0 radical (unpaired) electrons. The Balaban J connectivity index is 2.12. The van der Waals surface area contributed by atoms with Gasteiger partial charge in [0.25, 0.3) is 0 Å². The fraction of sp³-hybridized carbons (Fsp3) is 0.867.